The second kappa shape index (κ2) is 11.7. The molecule has 0 saturated heterocycles. The van der Waals surface area contributed by atoms with Crippen molar-refractivity contribution >= 4 is 29.9 Å². The average molecular weight is 436 g/mol. The number of hydrogen-bond acceptors (Lipinski definition) is 3. The van der Waals surface area contributed by atoms with E-state index < -0.39 is 0 Å². The lowest BCUT2D eigenvalue weighted by molar-refractivity contribution is 0.178. The van der Waals surface area contributed by atoms with Crippen molar-refractivity contribution in [1.29, 1.82) is 0 Å². The Bertz CT molecular complexity index is 447. The van der Waals surface area contributed by atoms with Gasteiger partial charge in [0.2, 0.25) is 0 Å². The zero-order chi connectivity index (χ0) is 16.5. The van der Waals surface area contributed by atoms with Crippen molar-refractivity contribution in [3.8, 4) is 0 Å². The Morgan fingerprint density at radius 2 is 1.91 bits per heavy atom. The minimum absolute atomic E-state index is 0. The molecule has 2 N–H and O–H groups in total. The van der Waals surface area contributed by atoms with Crippen LogP contribution in [0.5, 0.6) is 0 Å². The van der Waals surface area contributed by atoms with Crippen LogP contribution in [0.25, 0.3) is 0 Å². The van der Waals surface area contributed by atoms with Gasteiger partial charge in [0.15, 0.2) is 5.96 Å². The molecule has 1 heterocycles. The summed E-state index contributed by atoms with van der Waals surface area (Å²) in [5.41, 5.74) is 1.10. The predicted molar refractivity (Wildman–Crippen MR) is 108 cm³/mol. The molecule has 1 rings (SSSR count). The van der Waals surface area contributed by atoms with Crippen LogP contribution in [0, 0.1) is 0 Å². The van der Waals surface area contributed by atoms with Crippen molar-refractivity contribution < 1.29 is 0 Å². The summed E-state index contributed by atoms with van der Waals surface area (Å²) in [5, 5.41) is 10.9. The van der Waals surface area contributed by atoms with Crippen LogP contribution in [0.1, 0.15) is 40.3 Å². The lowest BCUT2D eigenvalue weighted by Gasteiger charge is -2.30. The third-order valence-electron chi connectivity index (χ3n) is 3.65. The zero-order valence-electron chi connectivity index (χ0n) is 15.3. The van der Waals surface area contributed by atoms with E-state index in [4.69, 9.17) is 0 Å². The topological polar surface area (TPSA) is 57.5 Å². The summed E-state index contributed by atoms with van der Waals surface area (Å²) in [4.78, 5) is 7.09. The van der Waals surface area contributed by atoms with Crippen LogP contribution in [-0.4, -0.2) is 52.4 Å². The highest BCUT2D eigenvalue weighted by molar-refractivity contribution is 14.0. The van der Waals surface area contributed by atoms with Crippen LogP contribution < -0.4 is 10.6 Å². The van der Waals surface area contributed by atoms with E-state index in [0.29, 0.717) is 18.6 Å². The summed E-state index contributed by atoms with van der Waals surface area (Å²) in [6, 6.07) is 3.10. The molecule has 0 spiro atoms. The summed E-state index contributed by atoms with van der Waals surface area (Å²) in [7, 11) is 1.94. The first-order valence-corrected chi connectivity index (χ1v) is 8.20. The predicted octanol–water partition coefficient (Wildman–Crippen LogP) is 2.21. The Labute approximate surface area is 158 Å². The molecule has 0 saturated carbocycles. The Morgan fingerprint density at radius 1 is 1.26 bits per heavy atom. The van der Waals surface area contributed by atoms with E-state index in [1.165, 1.54) is 0 Å². The Hall–Kier alpha value is -0.830. The minimum Gasteiger partial charge on any atom is -0.357 e. The van der Waals surface area contributed by atoms with E-state index >= 15 is 0 Å². The molecule has 0 fully saturated rings. The number of rotatable bonds is 8. The van der Waals surface area contributed by atoms with Gasteiger partial charge in [0, 0.05) is 45.0 Å². The van der Waals surface area contributed by atoms with Crippen LogP contribution in [-0.2, 0) is 13.6 Å². The van der Waals surface area contributed by atoms with Crippen molar-refractivity contribution in [3.63, 3.8) is 0 Å². The lowest BCUT2D eigenvalue weighted by Crippen LogP contribution is -2.45. The number of aliphatic imine (C=N–C) groups is 1. The number of nitrogens with one attached hydrogen (secondary N) is 2. The molecule has 0 aromatic carbocycles. The Balaban J connectivity index is 0.00000484. The molecule has 0 amide bonds. The van der Waals surface area contributed by atoms with Crippen molar-refractivity contribution in [2.75, 3.05) is 19.6 Å². The van der Waals surface area contributed by atoms with E-state index in [1.54, 1.807) is 6.20 Å². The molecule has 7 heteroatoms. The van der Waals surface area contributed by atoms with Gasteiger partial charge in [-0.15, -0.1) is 24.0 Å². The highest BCUT2D eigenvalue weighted by Gasteiger charge is 2.12. The first-order chi connectivity index (χ1) is 10.5. The quantitative estimate of drug-likeness (QED) is 0.373. The van der Waals surface area contributed by atoms with Gasteiger partial charge in [-0.2, -0.15) is 5.10 Å². The van der Waals surface area contributed by atoms with Gasteiger partial charge in [-0.25, -0.2) is 4.99 Å². The molecule has 0 bridgehead atoms. The number of guanidine groups is 1. The molecule has 1 aromatic rings. The third kappa shape index (κ3) is 8.01. The van der Waals surface area contributed by atoms with Crippen LogP contribution in [0.3, 0.4) is 0 Å². The largest absolute Gasteiger partial charge is 0.357 e. The number of aryl methyl sites for hydroxylation is 1. The molecule has 6 nitrogen and oxygen atoms in total. The van der Waals surface area contributed by atoms with E-state index in [0.717, 1.165) is 31.3 Å². The van der Waals surface area contributed by atoms with E-state index in [9.17, 15) is 0 Å². The second-order valence-electron chi connectivity index (χ2n) is 5.99. The highest BCUT2D eigenvalue weighted by atomic mass is 127. The van der Waals surface area contributed by atoms with E-state index in [2.05, 4.69) is 60.2 Å². The lowest BCUT2D eigenvalue weighted by atomic mass is 10.2. The van der Waals surface area contributed by atoms with Gasteiger partial charge < -0.3 is 10.6 Å². The fraction of sp³-hybridized carbons (Fsp3) is 0.750. The molecule has 1 aromatic heterocycles. The van der Waals surface area contributed by atoms with Gasteiger partial charge in [0.05, 0.1) is 12.2 Å². The van der Waals surface area contributed by atoms with Crippen LogP contribution in [0.15, 0.2) is 17.3 Å². The molecule has 0 aliphatic heterocycles. The number of aromatic nitrogens is 2. The zero-order valence-corrected chi connectivity index (χ0v) is 17.7. The molecule has 0 aliphatic rings. The van der Waals surface area contributed by atoms with Crippen LogP contribution >= 0.6 is 24.0 Å². The molecule has 23 heavy (non-hydrogen) atoms. The summed E-state index contributed by atoms with van der Waals surface area (Å²) >= 11 is 0. The van der Waals surface area contributed by atoms with Gasteiger partial charge in [-0.1, -0.05) is 0 Å². The average Bonchev–Trinajstić information content (AvgIpc) is 2.85. The van der Waals surface area contributed by atoms with Crippen molar-refractivity contribution in [3.05, 3.63) is 18.0 Å². The smallest absolute Gasteiger partial charge is 0.191 e. The number of nitrogens with zero attached hydrogens (tertiary/aromatic N) is 4. The third-order valence-corrected chi connectivity index (χ3v) is 3.65. The normalized spacial score (nSPS) is 12.0. The van der Waals surface area contributed by atoms with Gasteiger partial charge in [0.25, 0.3) is 0 Å². The van der Waals surface area contributed by atoms with Crippen LogP contribution in [0.4, 0.5) is 0 Å². The van der Waals surface area contributed by atoms with Crippen LogP contribution in [0.2, 0.25) is 0 Å². The first-order valence-electron chi connectivity index (χ1n) is 8.20. The summed E-state index contributed by atoms with van der Waals surface area (Å²) < 4.78 is 1.85. The van der Waals surface area contributed by atoms with Crippen molar-refractivity contribution in [2.24, 2.45) is 12.0 Å². The SMILES string of the molecule is CCNC(=NCc1ccnn1C)NCCN(C(C)C)C(C)C.I. The molecular formula is C16H33IN6. The fourth-order valence-electron chi connectivity index (χ4n) is 2.47. The van der Waals surface area contributed by atoms with Gasteiger partial charge in [0.1, 0.15) is 0 Å². The van der Waals surface area contributed by atoms with E-state index in [-0.39, 0.29) is 24.0 Å². The molecule has 0 atom stereocenters. The molecule has 134 valence electrons. The molecular weight excluding hydrogens is 403 g/mol. The first kappa shape index (κ1) is 22.2. The van der Waals surface area contributed by atoms with E-state index in [1.807, 2.05) is 17.8 Å². The summed E-state index contributed by atoms with van der Waals surface area (Å²) in [6.45, 7) is 14.4. The second-order valence-corrected chi connectivity index (χ2v) is 5.99. The number of hydrogen-bond donors (Lipinski definition) is 2. The van der Waals surface area contributed by atoms with Gasteiger partial charge in [-0.3, -0.25) is 9.58 Å². The summed E-state index contributed by atoms with van der Waals surface area (Å²) in [6.07, 6.45) is 1.80. The van der Waals surface area contributed by atoms with Gasteiger partial charge in [-0.05, 0) is 40.7 Å². The fourth-order valence-corrected chi connectivity index (χ4v) is 2.47. The highest BCUT2D eigenvalue weighted by Crippen LogP contribution is 2.03. The minimum atomic E-state index is 0. The maximum atomic E-state index is 4.62. The number of halogens is 1. The Morgan fingerprint density at radius 3 is 2.39 bits per heavy atom. The van der Waals surface area contributed by atoms with Crippen molar-refractivity contribution in [1.82, 2.24) is 25.3 Å². The van der Waals surface area contributed by atoms with Crippen molar-refractivity contribution in [2.45, 2.75) is 53.2 Å². The maximum Gasteiger partial charge on any atom is 0.191 e. The van der Waals surface area contributed by atoms with Gasteiger partial charge >= 0.3 is 0 Å². The standard InChI is InChI=1S/C16H32N6.HI/c1-7-17-16(19-12-15-8-9-20-21(15)6)18-10-11-22(13(2)3)14(4)5;/h8-9,13-14H,7,10-12H2,1-6H3,(H2,17,18,19);1H. The maximum absolute atomic E-state index is 4.62. The molecule has 0 aliphatic carbocycles. The Kier molecular flexibility index (Phi) is 11.2. The molecule has 0 unspecified atom stereocenters. The molecule has 0 radical (unpaired) electrons. The summed E-state index contributed by atoms with van der Waals surface area (Å²) in [5.74, 6) is 0.858. The monoisotopic (exact) mass is 436 g/mol.